The summed E-state index contributed by atoms with van der Waals surface area (Å²) in [5, 5.41) is 26.4. The van der Waals surface area contributed by atoms with Gasteiger partial charge in [-0.3, -0.25) is 0 Å². The van der Waals surface area contributed by atoms with E-state index in [-0.39, 0.29) is 0 Å². The minimum atomic E-state index is -1.51. The van der Waals surface area contributed by atoms with Gasteiger partial charge in [0.05, 0.1) is 17.5 Å². The van der Waals surface area contributed by atoms with Gasteiger partial charge < -0.3 is 19.8 Å². The van der Waals surface area contributed by atoms with Crippen LogP contribution in [0.15, 0.2) is 24.8 Å². The van der Waals surface area contributed by atoms with Crippen LogP contribution in [0.2, 0.25) is 0 Å². The molecule has 0 spiro atoms. The minimum absolute atomic E-state index is 0.542. The van der Waals surface area contributed by atoms with E-state index in [1.54, 1.807) is 0 Å². The Kier molecular flexibility index (Phi) is 7.36. The summed E-state index contributed by atoms with van der Waals surface area (Å²) >= 11 is 0. The molecule has 0 aromatic heterocycles. The lowest BCUT2D eigenvalue weighted by Gasteiger charge is -1.90. The number of carboxylic acid groups (broad SMARTS) is 2. The van der Waals surface area contributed by atoms with Crippen LogP contribution < -0.4 is 10.2 Å². The quantitative estimate of drug-likeness (QED) is 0.341. The molecule has 0 aliphatic rings. The molecule has 0 rings (SSSR count). The maximum atomic E-state index is 9.50. The summed E-state index contributed by atoms with van der Waals surface area (Å²) in [7, 11) is 0. The Morgan fingerprint density at radius 1 is 1.42 bits per heavy atom. The van der Waals surface area contributed by atoms with Crippen LogP contribution in [0.4, 0.5) is 0 Å². The fourth-order valence-electron chi connectivity index (χ4n) is 0.0456. The highest BCUT2D eigenvalue weighted by atomic mass is 16.4. The second kappa shape index (κ2) is 7.02. The molecule has 0 aliphatic carbocycles. The molecule has 0 fully saturated rings. The number of aliphatic carboxylic acids is 2. The standard InChI is InChI=1S/C4H3NO2.C3H4O2/c1-3(2-5)4(6)7;1-2-3(4)5/h1H2,(H,6,7);2H,1H2,(H,4,5)/p-2. The summed E-state index contributed by atoms with van der Waals surface area (Å²) in [5.74, 6) is -2.74. The van der Waals surface area contributed by atoms with Gasteiger partial charge in [-0.2, -0.15) is 5.26 Å². The van der Waals surface area contributed by atoms with Gasteiger partial charge in [-0.1, -0.05) is 13.2 Å². The van der Waals surface area contributed by atoms with E-state index in [0.29, 0.717) is 0 Å². The third-order valence-corrected chi connectivity index (χ3v) is 0.548. The van der Waals surface area contributed by atoms with Crippen molar-refractivity contribution in [1.82, 2.24) is 0 Å². The molecule has 12 heavy (non-hydrogen) atoms. The van der Waals surface area contributed by atoms with Crippen molar-refractivity contribution < 1.29 is 19.8 Å². The van der Waals surface area contributed by atoms with E-state index in [4.69, 9.17) is 15.2 Å². The number of carboxylic acids is 2. The lowest BCUT2D eigenvalue weighted by molar-refractivity contribution is -0.299. The van der Waals surface area contributed by atoms with E-state index >= 15 is 0 Å². The van der Waals surface area contributed by atoms with Crippen LogP contribution in [-0.2, 0) is 9.59 Å². The smallest absolute Gasteiger partial charge is 0.100 e. The van der Waals surface area contributed by atoms with Crippen LogP contribution in [0.25, 0.3) is 0 Å². The van der Waals surface area contributed by atoms with Gasteiger partial charge in [0.25, 0.3) is 0 Å². The van der Waals surface area contributed by atoms with Crippen molar-refractivity contribution in [2.24, 2.45) is 0 Å². The molecular weight excluding hydrogens is 162 g/mol. The third kappa shape index (κ3) is 10.8. The largest absolute Gasteiger partial charge is 0.545 e. The van der Waals surface area contributed by atoms with Crippen LogP contribution in [0.5, 0.6) is 0 Å². The molecule has 0 aliphatic heterocycles. The van der Waals surface area contributed by atoms with E-state index in [2.05, 4.69) is 13.2 Å². The van der Waals surface area contributed by atoms with E-state index in [1.807, 2.05) is 0 Å². The first-order valence-corrected chi connectivity index (χ1v) is 2.59. The summed E-state index contributed by atoms with van der Waals surface area (Å²) in [5.41, 5.74) is -0.542. The van der Waals surface area contributed by atoms with Gasteiger partial charge >= 0.3 is 0 Å². The van der Waals surface area contributed by atoms with Crippen LogP contribution in [0, 0.1) is 11.3 Å². The van der Waals surface area contributed by atoms with Crippen molar-refractivity contribution in [2.75, 3.05) is 0 Å². The molecule has 5 heteroatoms. The molecule has 5 nitrogen and oxygen atoms in total. The summed E-state index contributed by atoms with van der Waals surface area (Å²) in [6.07, 6.45) is 0.722. The highest BCUT2D eigenvalue weighted by Gasteiger charge is 1.85. The molecule has 64 valence electrons. The van der Waals surface area contributed by atoms with Crippen molar-refractivity contribution >= 4 is 11.9 Å². The van der Waals surface area contributed by atoms with Crippen molar-refractivity contribution in [3.05, 3.63) is 24.8 Å². The Morgan fingerprint density at radius 2 is 1.75 bits per heavy atom. The molecule has 0 atom stereocenters. The molecule has 0 aromatic rings. The fourth-order valence-corrected chi connectivity index (χ4v) is 0.0456. The number of rotatable bonds is 2. The average Bonchev–Trinajstić information content (AvgIpc) is 2.04. The lowest BCUT2D eigenvalue weighted by atomic mass is 10.4. The van der Waals surface area contributed by atoms with Crippen molar-refractivity contribution in [1.29, 1.82) is 5.26 Å². The molecule has 0 saturated carbocycles. The van der Waals surface area contributed by atoms with Crippen LogP contribution in [-0.4, -0.2) is 11.9 Å². The summed E-state index contributed by atoms with van der Waals surface area (Å²) in [4.78, 5) is 18.6. The number of carbonyl (C=O) groups excluding carboxylic acids is 2. The number of carbonyl (C=O) groups is 2. The van der Waals surface area contributed by atoms with Crippen LogP contribution >= 0.6 is 0 Å². The predicted molar refractivity (Wildman–Crippen MR) is 35.0 cm³/mol. The van der Waals surface area contributed by atoms with E-state index in [9.17, 15) is 9.90 Å². The van der Waals surface area contributed by atoms with Crippen LogP contribution in [0.1, 0.15) is 0 Å². The first-order chi connectivity index (χ1) is 5.45. The highest BCUT2D eigenvalue weighted by molar-refractivity contribution is 5.88. The Balaban J connectivity index is 0. The van der Waals surface area contributed by atoms with Crippen molar-refractivity contribution in [2.45, 2.75) is 0 Å². The van der Waals surface area contributed by atoms with E-state index in [1.165, 1.54) is 6.07 Å². The van der Waals surface area contributed by atoms with Crippen molar-refractivity contribution in [3.63, 3.8) is 0 Å². The molecule has 0 aromatic carbocycles. The third-order valence-electron chi connectivity index (χ3n) is 0.548. The second-order valence-electron chi connectivity index (χ2n) is 1.40. The summed E-state index contributed by atoms with van der Waals surface area (Å²) in [6.45, 7) is 5.75. The molecular formula is C7H5NO4-2. The van der Waals surface area contributed by atoms with E-state index < -0.39 is 17.5 Å². The molecule has 0 unspecified atom stereocenters. The zero-order chi connectivity index (χ0) is 10.1. The molecule has 0 saturated heterocycles. The molecule has 0 bridgehead atoms. The maximum absolute atomic E-state index is 9.50. The molecule has 0 N–H and O–H groups in total. The van der Waals surface area contributed by atoms with Crippen LogP contribution in [0.3, 0.4) is 0 Å². The van der Waals surface area contributed by atoms with Gasteiger partial charge in [0.2, 0.25) is 0 Å². The van der Waals surface area contributed by atoms with Gasteiger partial charge in [-0.15, -0.1) is 0 Å². The highest BCUT2D eigenvalue weighted by Crippen LogP contribution is 1.78. The SMILES string of the molecule is C=C(C#N)C(=O)[O-].C=CC(=O)[O-]. The first-order valence-electron chi connectivity index (χ1n) is 2.59. The van der Waals surface area contributed by atoms with E-state index in [0.717, 1.165) is 6.08 Å². The van der Waals surface area contributed by atoms with Gasteiger partial charge in [0.15, 0.2) is 0 Å². The predicted octanol–water partition coefficient (Wildman–Crippen LogP) is -2.26. The van der Waals surface area contributed by atoms with Gasteiger partial charge in [-0.05, 0) is 6.08 Å². The monoisotopic (exact) mass is 167 g/mol. The summed E-state index contributed by atoms with van der Waals surface area (Å²) < 4.78 is 0. The van der Waals surface area contributed by atoms with Gasteiger partial charge in [0, 0.05) is 0 Å². The summed E-state index contributed by atoms with van der Waals surface area (Å²) in [6, 6.07) is 1.31. The van der Waals surface area contributed by atoms with Crippen molar-refractivity contribution in [3.8, 4) is 6.07 Å². The first kappa shape index (κ1) is 12.6. The number of nitriles is 1. The zero-order valence-corrected chi connectivity index (χ0v) is 6.07. The Labute approximate surface area is 68.9 Å². The molecule has 0 radical (unpaired) electrons. The number of nitrogens with zero attached hydrogens (tertiary/aromatic N) is 1. The Hall–Kier alpha value is -2.09. The fraction of sp³-hybridized carbons (Fsp3) is 0. The Morgan fingerprint density at radius 3 is 1.75 bits per heavy atom. The zero-order valence-electron chi connectivity index (χ0n) is 6.07. The number of hydrogen-bond acceptors (Lipinski definition) is 5. The minimum Gasteiger partial charge on any atom is -0.545 e. The lowest BCUT2D eigenvalue weighted by Crippen LogP contribution is -2.22. The Bertz CT molecular complexity index is 249. The second-order valence-corrected chi connectivity index (χ2v) is 1.40. The average molecular weight is 167 g/mol. The molecule has 0 heterocycles. The normalized spacial score (nSPS) is 6.58. The van der Waals surface area contributed by atoms with Gasteiger partial charge in [0.1, 0.15) is 6.07 Å². The van der Waals surface area contributed by atoms with Gasteiger partial charge in [-0.25, -0.2) is 0 Å². The maximum Gasteiger partial charge on any atom is 0.100 e. The number of hydrogen-bond donors (Lipinski definition) is 0. The topological polar surface area (TPSA) is 104 Å². The molecule has 0 amide bonds.